The third-order valence-electron chi connectivity index (χ3n) is 2.75. The van der Waals surface area contributed by atoms with Crippen molar-refractivity contribution in [3.8, 4) is 0 Å². The Balaban J connectivity index is 2.14. The lowest BCUT2D eigenvalue weighted by atomic mass is 10.4. The Kier molecular flexibility index (Phi) is 4.73. The van der Waals surface area contributed by atoms with Crippen LogP contribution in [0.4, 0.5) is 11.6 Å². The molecule has 2 heterocycles. The molecule has 0 aliphatic rings. The highest BCUT2D eigenvalue weighted by Gasteiger charge is 2.10. The van der Waals surface area contributed by atoms with Gasteiger partial charge in [0.2, 0.25) is 5.89 Å². The zero-order chi connectivity index (χ0) is 14.7. The molecule has 2 rings (SSSR count). The van der Waals surface area contributed by atoms with Crippen molar-refractivity contribution in [2.45, 2.75) is 27.3 Å². The van der Waals surface area contributed by atoms with Gasteiger partial charge in [-0.15, -0.1) is 0 Å². The number of oxazole rings is 1. The van der Waals surface area contributed by atoms with Crippen LogP contribution < -0.4 is 10.6 Å². The average Bonchev–Trinajstić information content (AvgIpc) is 2.71. The number of hydrogen-bond donors (Lipinski definition) is 2. The fourth-order valence-corrected chi connectivity index (χ4v) is 2.15. The summed E-state index contributed by atoms with van der Waals surface area (Å²) in [6.07, 6.45) is 0. The van der Waals surface area contributed by atoms with Crippen molar-refractivity contribution in [1.29, 1.82) is 0 Å². The molecule has 0 fully saturated rings. The zero-order valence-electron chi connectivity index (χ0n) is 11.6. The van der Waals surface area contributed by atoms with E-state index in [1.807, 2.05) is 20.8 Å². The number of anilines is 2. The van der Waals surface area contributed by atoms with Crippen molar-refractivity contribution in [2.75, 3.05) is 17.2 Å². The summed E-state index contributed by atoms with van der Waals surface area (Å²) in [5.41, 5.74) is 0.880. The maximum atomic E-state index is 6.12. The summed E-state index contributed by atoms with van der Waals surface area (Å²) < 4.78 is 5.49. The topological polar surface area (TPSA) is 63.0 Å². The second-order valence-electron chi connectivity index (χ2n) is 4.28. The highest BCUT2D eigenvalue weighted by atomic mass is 35.5. The van der Waals surface area contributed by atoms with Crippen molar-refractivity contribution < 1.29 is 4.42 Å². The van der Waals surface area contributed by atoms with E-state index in [4.69, 9.17) is 27.6 Å². The zero-order valence-corrected chi connectivity index (χ0v) is 13.1. The molecule has 2 aromatic rings. The van der Waals surface area contributed by atoms with Crippen LogP contribution >= 0.6 is 23.2 Å². The molecule has 0 saturated heterocycles. The van der Waals surface area contributed by atoms with Gasteiger partial charge >= 0.3 is 0 Å². The van der Waals surface area contributed by atoms with E-state index < -0.39 is 0 Å². The van der Waals surface area contributed by atoms with Gasteiger partial charge in [0.25, 0.3) is 0 Å². The quantitative estimate of drug-likeness (QED) is 0.872. The second kappa shape index (κ2) is 6.33. The third kappa shape index (κ3) is 3.35. The van der Waals surface area contributed by atoms with E-state index in [1.54, 1.807) is 6.07 Å². The van der Waals surface area contributed by atoms with Crippen LogP contribution in [0.1, 0.15) is 24.3 Å². The molecule has 2 aromatic heterocycles. The van der Waals surface area contributed by atoms with Crippen LogP contribution in [0, 0.1) is 13.8 Å². The number of aryl methyl sites for hydroxylation is 2. The van der Waals surface area contributed by atoms with Crippen LogP contribution in [-0.4, -0.2) is 16.5 Å². The molecule has 0 amide bonds. The minimum atomic E-state index is 0.411. The summed E-state index contributed by atoms with van der Waals surface area (Å²) in [5.74, 6) is 2.55. The smallest absolute Gasteiger partial charge is 0.213 e. The molecular formula is C13H16Cl2N4O. The van der Waals surface area contributed by atoms with Gasteiger partial charge in [0.1, 0.15) is 17.4 Å². The molecule has 0 spiro atoms. The van der Waals surface area contributed by atoms with Gasteiger partial charge in [-0.05, 0) is 26.8 Å². The van der Waals surface area contributed by atoms with Gasteiger partial charge in [0, 0.05) is 6.54 Å². The van der Waals surface area contributed by atoms with Crippen molar-refractivity contribution in [3.05, 3.63) is 33.5 Å². The van der Waals surface area contributed by atoms with E-state index in [-0.39, 0.29) is 0 Å². The van der Waals surface area contributed by atoms with Crippen LogP contribution in [-0.2, 0) is 6.54 Å². The standard InChI is InChI=1S/C13H16Cl2N4O/c1-4-16-12-9(14)5-10(15)13(19-12)17-6-11-18-7(2)8(3)20-11/h5H,4,6H2,1-3H3,(H2,16,17,19). The number of aromatic nitrogens is 2. The fraction of sp³-hybridized carbons (Fsp3) is 0.385. The predicted molar refractivity (Wildman–Crippen MR) is 81.7 cm³/mol. The molecule has 0 saturated carbocycles. The van der Waals surface area contributed by atoms with Gasteiger partial charge in [0.05, 0.1) is 22.3 Å². The lowest BCUT2D eigenvalue weighted by molar-refractivity contribution is 0.478. The molecular weight excluding hydrogens is 299 g/mol. The number of rotatable bonds is 5. The first-order valence-electron chi connectivity index (χ1n) is 6.28. The molecule has 2 N–H and O–H groups in total. The lowest BCUT2D eigenvalue weighted by Gasteiger charge is -2.10. The molecule has 0 radical (unpaired) electrons. The largest absolute Gasteiger partial charge is 0.444 e. The summed E-state index contributed by atoms with van der Waals surface area (Å²) in [6, 6.07) is 1.66. The first kappa shape index (κ1) is 14.9. The van der Waals surface area contributed by atoms with E-state index in [0.29, 0.717) is 34.1 Å². The van der Waals surface area contributed by atoms with Crippen LogP contribution in [0.15, 0.2) is 10.5 Å². The molecule has 0 aliphatic heterocycles. The van der Waals surface area contributed by atoms with E-state index in [0.717, 1.165) is 18.0 Å². The Morgan fingerprint density at radius 1 is 1.10 bits per heavy atom. The molecule has 7 heteroatoms. The summed E-state index contributed by atoms with van der Waals surface area (Å²) in [6.45, 7) is 6.89. The molecule has 0 atom stereocenters. The van der Waals surface area contributed by atoms with E-state index in [1.165, 1.54) is 0 Å². The van der Waals surface area contributed by atoms with Crippen LogP contribution in [0.2, 0.25) is 10.0 Å². The molecule has 108 valence electrons. The molecule has 20 heavy (non-hydrogen) atoms. The van der Waals surface area contributed by atoms with Gasteiger partial charge in [-0.25, -0.2) is 9.97 Å². The summed E-state index contributed by atoms with van der Waals surface area (Å²) in [5, 5.41) is 7.12. The Bertz CT molecular complexity index is 593. The monoisotopic (exact) mass is 314 g/mol. The van der Waals surface area contributed by atoms with E-state index in [9.17, 15) is 0 Å². The Morgan fingerprint density at radius 2 is 1.75 bits per heavy atom. The van der Waals surface area contributed by atoms with Crippen molar-refractivity contribution in [1.82, 2.24) is 9.97 Å². The Labute approximate surface area is 127 Å². The van der Waals surface area contributed by atoms with Crippen molar-refractivity contribution in [3.63, 3.8) is 0 Å². The maximum Gasteiger partial charge on any atom is 0.213 e. The second-order valence-corrected chi connectivity index (χ2v) is 5.10. The lowest BCUT2D eigenvalue weighted by Crippen LogP contribution is -2.06. The summed E-state index contributed by atoms with van der Waals surface area (Å²) >= 11 is 12.2. The molecule has 0 aromatic carbocycles. The average molecular weight is 315 g/mol. The normalized spacial score (nSPS) is 10.7. The molecule has 0 bridgehead atoms. The highest BCUT2D eigenvalue weighted by molar-refractivity contribution is 6.37. The van der Waals surface area contributed by atoms with Crippen LogP contribution in [0.25, 0.3) is 0 Å². The first-order chi connectivity index (χ1) is 9.51. The van der Waals surface area contributed by atoms with Crippen molar-refractivity contribution >= 4 is 34.8 Å². The number of pyridine rings is 1. The van der Waals surface area contributed by atoms with E-state index >= 15 is 0 Å². The number of nitrogens with zero attached hydrogens (tertiary/aromatic N) is 2. The summed E-state index contributed by atoms with van der Waals surface area (Å²) in [7, 11) is 0. The van der Waals surface area contributed by atoms with Gasteiger partial charge in [-0.2, -0.15) is 0 Å². The highest BCUT2D eigenvalue weighted by Crippen LogP contribution is 2.29. The fourth-order valence-electron chi connectivity index (χ4n) is 1.66. The minimum absolute atomic E-state index is 0.411. The Hall–Kier alpha value is -1.46. The predicted octanol–water partition coefficient (Wildman–Crippen LogP) is 4.04. The minimum Gasteiger partial charge on any atom is -0.444 e. The van der Waals surface area contributed by atoms with E-state index in [2.05, 4.69) is 20.6 Å². The molecule has 5 nitrogen and oxygen atoms in total. The Morgan fingerprint density at radius 3 is 2.30 bits per heavy atom. The van der Waals surface area contributed by atoms with Crippen LogP contribution in [0.5, 0.6) is 0 Å². The SMILES string of the molecule is CCNc1nc(NCc2nc(C)c(C)o2)c(Cl)cc1Cl. The summed E-state index contributed by atoms with van der Waals surface area (Å²) in [4.78, 5) is 8.64. The van der Waals surface area contributed by atoms with Crippen molar-refractivity contribution in [2.24, 2.45) is 0 Å². The number of halogens is 2. The van der Waals surface area contributed by atoms with Gasteiger partial charge < -0.3 is 15.1 Å². The molecule has 0 aliphatic carbocycles. The van der Waals surface area contributed by atoms with Crippen LogP contribution in [0.3, 0.4) is 0 Å². The third-order valence-corrected chi connectivity index (χ3v) is 3.33. The maximum absolute atomic E-state index is 6.12. The number of hydrogen-bond acceptors (Lipinski definition) is 5. The van der Waals surface area contributed by atoms with Gasteiger partial charge in [0.15, 0.2) is 0 Å². The van der Waals surface area contributed by atoms with Gasteiger partial charge in [-0.3, -0.25) is 0 Å². The van der Waals surface area contributed by atoms with Gasteiger partial charge in [-0.1, -0.05) is 23.2 Å². The number of nitrogens with one attached hydrogen (secondary N) is 2. The first-order valence-corrected chi connectivity index (χ1v) is 7.03. The molecule has 0 unspecified atom stereocenters.